The number of rotatable bonds is 6. The fourth-order valence-corrected chi connectivity index (χ4v) is 3.09. The second kappa shape index (κ2) is 7.00. The number of aliphatic hydroxyl groups is 1. The van der Waals surface area contributed by atoms with Crippen LogP contribution in [0.3, 0.4) is 0 Å². The third kappa shape index (κ3) is 4.02. The summed E-state index contributed by atoms with van der Waals surface area (Å²) in [5.74, 6) is 0. The van der Waals surface area contributed by atoms with E-state index < -0.39 is 0 Å². The standard InChI is InChI=1S/C16H24N2O3/c1-13(14-6-5-7-15(10-14)18(20)21)17-11-16(12-19)8-3-2-4-9-16/h5-7,10,13,17,19H,2-4,8-9,11-12H2,1H3. The van der Waals surface area contributed by atoms with E-state index in [1.54, 1.807) is 12.1 Å². The first-order chi connectivity index (χ1) is 10.1. The first-order valence-electron chi connectivity index (χ1n) is 7.65. The minimum absolute atomic E-state index is 0.0206. The highest BCUT2D eigenvalue weighted by Gasteiger charge is 2.31. The molecule has 0 saturated heterocycles. The Morgan fingerprint density at radius 1 is 1.38 bits per heavy atom. The van der Waals surface area contributed by atoms with Gasteiger partial charge in [0.2, 0.25) is 0 Å². The Hall–Kier alpha value is -1.46. The SMILES string of the molecule is CC(NCC1(CO)CCCCC1)c1cccc([N+](=O)[O-])c1. The molecule has 21 heavy (non-hydrogen) atoms. The van der Waals surface area contributed by atoms with Crippen LogP contribution in [0.5, 0.6) is 0 Å². The summed E-state index contributed by atoms with van der Waals surface area (Å²) in [4.78, 5) is 10.5. The zero-order valence-electron chi connectivity index (χ0n) is 12.5. The Balaban J connectivity index is 1.99. The van der Waals surface area contributed by atoms with Crippen LogP contribution in [0.2, 0.25) is 0 Å². The van der Waals surface area contributed by atoms with Gasteiger partial charge >= 0.3 is 0 Å². The summed E-state index contributed by atoms with van der Waals surface area (Å²) in [5, 5.41) is 24.0. The van der Waals surface area contributed by atoms with Crippen molar-refractivity contribution in [2.24, 2.45) is 5.41 Å². The number of nitrogens with zero attached hydrogens (tertiary/aromatic N) is 1. The molecule has 0 spiro atoms. The summed E-state index contributed by atoms with van der Waals surface area (Å²) in [6.07, 6.45) is 5.71. The number of nitrogens with one attached hydrogen (secondary N) is 1. The number of nitro benzene ring substituents is 1. The highest BCUT2D eigenvalue weighted by Crippen LogP contribution is 2.35. The van der Waals surface area contributed by atoms with E-state index in [4.69, 9.17) is 0 Å². The largest absolute Gasteiger partial charge is 0.396 e. The Labute approximate surface area is 125 Å². The van der Waals surface area contributed by atoms with Crippen LogP contribution in [0.1, 0.15) is 50.6 Å². The summed E-state index contributed by atoms with van der Waals surface area (Å²) < 4.78 is 0. The van der Waals surface area contributed by atoms with Crippen molar-refractivity contribution in [2.75, 3.05) is 13.2 Å². The average Bonchev–Trinajstić information content (AvgIpc) is 2.53. The molecule has 1 aromatic rings. The molecular formula is C16H24N2O3. The van der Waals surface area contributed by atoms with Crippen LogP contribution in [0.15, 0.2) is 24.3 Å². The lowest BCUT2D eigenvalue weighted by Crippen LogP contribution is -2.39. The number of hydrogen-bond donors (Lipinski definition) is 2. The molecule has 1 atom stereocenters. The van der Waals surface area contributed by atoms with Crippen molar-refractivity contribution in [1.82, 2.24) is 5.32 Å². The summed E-state index contributed by atoms with van der Waals surface area (Å²) in [5.41, 5.74) is 1.01. The van der Waals surface area contributed by atoms with Crippen molar-refractivity contribution in [1.29, 1.82) is 0 Å². The molecule has 116 valence electrons. The molecule has 0 heterocycles. The van der Waals surface area contributed by atoms with Crippen molar-refractivity contribution < 1.29 is 10.0 Å². The molecule has 0 aromatic heterocycles. The molecule has 5 nitrogen and oxygen atoms in total. The maximum absolute atomic E-state index is 10.8. The van der Waals surface area contributed by atoms with Crippen LogP contribution in [0.4, 0.5) is 5.69 Å². The predicted octanol–water partition coefficient (Wildman–Crippen LogP) is 3.19. The van der Waals surface area contributed by atoms with Gasteiger partial charge in [-0.3, -0.25) is 10.1 Å². The zero-order chi connectivity index (χ0) is 15.3. The van der Waals surface area contributed by atoms with E-state index in [1.807, 2.05) is 13.0 Å². The third-order valence-electron chi connectivity index (χ3n) is 4.61. The molecule has 1 aliphatic rings. The lowest BCUT2D eigenvalue weighted by molar-refractivity contribution is -0.384. The van der Waals surface area contributed by atoms with Crippen LogP contribution in [-0.4, -0.2) is 23.2 Å². The van der Waals surface area contributed by atoms with Crippen molar-refractivity contribution in [2.45, 2.75) is 45.1 Å². The molecule has 0 radical (unpaired) electrons. The normalized spacial score (nSPS) is 19.1. The topological polar surface area (TPSA) is 75.4 Å². The maximum atomic E-state index is 10.8. The molecule has 0 aliphatic heterocycles. The van der Waals surface area contributed by atoms with Crippen LogP contribution in [0, 0.1) is 15.5 Å². The first-order valence-corrected chi connectivity index (χ1v) is 7.65. The second-order valence-electron chi connectivity index (χ2n) is 6.17. The first kappa shape index (κ1) is 15.9. The molecule has 2 N–H and O–H groups in total. The highest BCUT2D eigenvalue weighted by molar-refractivity contribution is 5.35. The summed E-state index contributed by atoms with van der Waals surface area (Å²) in [6, 6.07) is 6.78. The Kier molecular flexibility index (Phi) is 5.31. The van der Waals surface area contributed by atoms with Gasteiger partial charge in [-0.1, -0.05) is 31.4 Å². The number of non-ortho nitro benzene ring substituents is 1. The van der Waals surface area contributed by atoms with Gasteiger partial charge in [0.05, 0.1) is 4.92 Å². The molecule has 0 bridgehead atoms. The van der Waals surface area contributed by atoms with E-state index in [0.717, 1.165) is 24.9 Å². The Bertz CT molecular complexity index is 484. The van der Waals surface area contributed by atoms with E-state index >= 15 is 0 Å². The summed E-state index contributed by atoms with van der Waals surface area (Å²) in [6.45, 7) is 2.97. The van der Waals surface area contributed by atoms with Crippen LogP contribution < -0.4 is 5.32 Å². The second-order valence-corrected chi connectivity index (χ2v) is 6.17. The molecule has 2 rings (SSSR count). The van der Waals surface area contributed by atoms with Gasteiger partial charge in [0.25, 0.3) is 5.69 Å². The molecule has 1 unspecified atom stereocenters. The minimum Gasteiger partial charge on any atom is -0.396 e. The molecule has 1 aromatic carbocycles. The molecule has 1 fully saturated rings. The average molecular weight is 292 g/mol. The number of benzene rings is 1. The van der Waals surface area contributed by atoms with Crippen molar-refractivity contribution in [3.05, 3.63) is 39.9 Å². The van der Waals surface area contributed by atoms with E-state index in [0.29, 0.717) is 0 Å². The van der Waals surface area contributed by atoms with Gasteiger partial charge in [0, 0.05) is 36.7 Å². The number of nitro groups is 1. The fraction of sp³-hybridized carbons (Fsp3) is 0.625. The highest BCUT2D eigenvalue weighted by atomic mass is 16.6. The van der Waals surface area contributed by atoms with Gasteiger partial charge in [-0.25, -0.2) is 0 Å². The van der Waals surface area contributed by atoms with E-state index in [1.165, 1.54) is 25.3 Å². The van der Waals surface area contributed by atoms with Gasteiger partial charge in [-0.15, -0.1) is 0 Å². The maximum Gasteiger partial charge on any atom is 0.269 e. The number of aliphatic hydroxyl groups excluding tert-OH is 1. The van der Waals surface area contributed by atoms with E-state index in [2.05, 4.69) is 5.32 Å². The third-order valence-corrected chi connectivity index (χ3v) is 4.61. The monoisotopic (exact) mass is 292 g/mol. The smallest absolute Gasteiger partial charge is 0.269 e. The quantitative estimate of drug-likeness (QED) is 0.623. The van der Waals surface area contributed by atoms with Crippen LogP contribution in [0.25, 0.3) is 0 Å². The summed E-state index contributed by atoms with van der Waals surface area (Å²) >= 11 is 0. The minimum atomic E-state index is -0.368. The van der Waals surface area contributed by atoms with Crippen molar-refractivity contribution in [3.63, 3.8) is 0 Å². The molecule has 1 saturated carbocycles. The van der Waals surface area contributed by atoms with Crippen LogP contribution in [-0.2, 0) is 0 Å². The van der Waals surface area contributed by atoms with Crippen LogP contribution >= 0.6 is 0 Å². The zero-order valence-corrected chi connectivity index (χ0v) is 12.5. The van der Waals surface area contributed by atoms with Gasteiger partial charge in [0.1, 0.15) is 0 Å². The summed E-state index contributed by atoms with van der Waals surface area (Å²) in [7, 11) is 0. The van der Waals surface area contributed by atoms with E-state index in [-0.39, 0.29) is 28.7 Å². The predicted molar refractivity (Wildman–Crippen MR) is 82.1 cm³/mol. The van der Waals surface area contributed by atoms with Gasteiger partial charge in [-0.05, 0) is 25.3 Å². The molecular weight excluding hydrogens is 268 g/mol. The lowest BCUT2D eigenvalue weighted by Gasteiger charge is -2.36. The molecule has 5 heteroatoms. The lowest BCUT2D eigenvalue weighted by atomic mass is 9.74. The number of hydrogen-bond acceptors (Lipinski definition) is 4. The Morgan fingerprint density at radius 2 is 2.10 bits per heavy atom. The van der Waals surface area contributed by atoms with Crippen molar-refractivity contribution >= 4 is 5.69 Å². The van der Waals surface area contributed by atoms with Gasteiger partial charge in [-0.2, -0.15) is 0 Å². The molecule has 1 aliphatic carbocycles. The van der Waals surface area contributed by atoms with Gasteiger partial charge in [0.15, 0.2) is 0 Å². The Morgan fingerprint density at radius 3 is 2.71 bits per heavy atom. The van der Waals surface area contributed by atoms with E-state index in [9.17, 15) is 15.2 Å². The molecule has 0 amide bonds. The van der Waals surface area contributed by atoms with Crippen molar-refractivity contribution in [3.8, 4) is 0 Å². The fourth-order valence-electron chi connectivity index (χ4n) is 3.09. The van der Waals surface area contributed by atoms with Gasteiger partial charge < -0.3 is 10.4 Å².